The van der Waals surface area contributed by atoms with Gasteiger partial charge in [-0.3, -0.25) is 0 Å². The SMILES string of the molecule is CCS(=O)(=O)N[C@H]1CCOC[C@@H]1COc1ccc(-c2nc(C)cs2)cc1. The second-order valence-corrected chi connectivity index (χ2v) is 9.28. The number of hydrogen-bond acceptors (Lipinski definition) is 6. The fourth-order valence-corrected chi connectivity index (χ4v) is 4.56. The van der Waals surface area contributed by atoms with Crippen LogP contribution in [-0.4, -0.2) is 45.0 Å². The third kappa shape index (κ3) is 5.03. The molecule has 1 saturated heterocycles. The molecule has 1 aliphatic rings. The molecule has 0 radical (unpaired) electrons. The maximum absolute atomic E-state index is 11.9. The molecule has 2 heterocycles. The van der Waals surface area contributed by atoms with Crippen LogP contribution in [0.2, 0.25) is 0 Å². The summed E-state index contributed by atoms with van der Waals surface area (Å²) in [5.41, 5.74) is 2.08. The molecule has 1 fully saturated rings. The van der Waals surface area contributed by atoms with Crippen molar-refractivity contribution in [2.75, 3.05) is 25.6 Å². The second kappa shape index (κ2) is 8.47. The van der Waals surface area contributed by atoms with Gasteiger partial charge < -0.3 is 9.47 Å². The number of rotatable bonds is 7. The fourth-order valence-electron chi connectivity index (χ4n) is 2.81. The van der Waals surface area contributed by atoms with Crippen molar-refractivity contribution < 1.29 is 17.9 Å². The zero-order chi connectivity index (χ0) is 18.6. The lowest BCUT2D eigenvalue weighted by molar-refractivity contribution is 0.0186. The standard InChI is InChI=1S/C18H24N2O4S2/c1-3-26(21,22)20-17-8-9-23-10-15(17)11-24-16-6-4-14(5-7-16)18-19-13(2)12-25-18/h4-7,12,15,17,20H,3,8-11H2,1-2H3/t15-,17+/m1/s1. The molecule has 0 aliphatic carbocycles. The molecule has 142 valence electrons. The molecule has 0 unspecified atom stereocenters. The molecule has 0 amide bonds. The Bertz CT molecular complexity index is 818. The smallest absolute Gasteiger partial charge is 0.211 e. The Balaban J connectivity index is 1.60. The average molecular weight is 397 g/mol. The van der Waals surface area contributed by atoms with Gasteiger partial charge in [0.1, 0.15) is 10.8 Å². The van der Waals surface area contributed by atoms with Gasteiger partial charge in [0, 0.05) is 35.2 Å². The summed E-state index contributed by atoms with van der Waals surface area (Å²) in [6.07, 6.45) is 0.662. The van der Waals surface area contributed by atoms with Gasteiger partial charge in [-0.15, -0.1) is 11.3 Å². The molecule has 1 aromatic heterocycles. The summed E-state index contributed by atoms with van der Waals surface area (Å²) in [5.74, 6) is 0.825. The first-order valence-electron chi connectivity index (χ1n) is 8.70. The first-order chi connectivity index (χ1) is 12.5. The lowest BCUT2D eigenvalue weighted by Gasteiger charge is -2.31. The number of thiazole rings is 1. The highest BCUT2D eigenvalue weighted by Gasteiger charge is 2.29. The van der Waals surface area contributed by atoms with Gasteiger partial charge in [-0.1, -0.05) is 0 Å². The Morgan fingerprint density at radius 2 is 2.12 bits per heavy atom. The fraction of sp³-hybridized carbons (Fsp3) is 0.500. The Hall–Kier alpha value is -1.48. The Morgan fingerprint density at radius 1 is 1.35 bits per heavy atom. The van der Waals surface area contributed by atoms with E-state index in [0.29, 0.717) is 26.2 Å². The molecule has 0 spiro atoms. The van der Waals surface area contributed by atoms with Crippen molar-refractivity contribution in [3.63, 3.8) is 0 Å². The summed E-state index contributed by atoms with van der Waals surface area (Å²) in [6.45, 7) is 5.08. The van der Waals surface area contributed by atoms with Crippen LogP contribution in [0.15, 0.2) is 29.6 Å². The molecule has 1 N–H and O–H groups in total. The van der Waals surface area contributed by atoms with Gasteiger partial charge in [0.15, 0.2) is 0 Å². The molecule has 8 heteroatoms. The van der Waals surface area contributed by atoms with Gasteiger partial charge in [-0.25, -0.2) is 18.1 Å². The molecule has 0 saturated carbocycles. The van der Waals surface area contributed by atoms with Crippen LogP contribution in [0.3, 0.4) is 0 Å². The van der Waals surface area contributed by atoms with E-state index in [9.17, 15) is 8.42 Å². The van der Waals surface area contributed by atoms with Gasteiger partial charge >= 0.3 is 0 Å². The Labute approximate surface area is 158 Å². The molecular weight excluding hydrogens is 372 g/mol. The average Bonchev–Trinajstić information content (AvgIpc) is 3.07. The zero-order valence-electron chi connectivity index (χ0n) is 15.0. The summed E-state index contributed by atoms with van der Waals surface area (Å²) < 4.78 is 37.9. The van der Waals surface area contributed by atoms with Crippen LogP contribution in [0.4, 0.5) is 0 Å². The summed E-state index contributed by atoms with van der Waals surface area (Å²) in [7, 11) is -3.24. The first kappa shape index (κ1) is 19.3. The first-order valence-corrected chi connectivity index (χ1v) is 11.2. The Kier molecular flexibility index (Phi) is 6.29. The number of sulfonamides is 1. The number of nitrogens with zero attached hydrogens (tertiary/aromatic N) is 1. The van der Waals surface area contributed by atoms with Crippen molar-refractivity contribution in [3.05, 3.63) is 35.3 Å². The normalized spacial score (nSPS) is 20.8. The summed E-state index contributed by atoms with van der Waals surface area (Å²) in [4.78, 5) is 4.48. The van der Waals surface area contributed by atoms with E-state index in [-0.39, 0.29) is 17.7 Å². The summed E-state index contributed by atoms with van der Waals surface area (Å²) in [5, 5.41) is 3.02. The predicted octanol–water partition coefficient (Wildman–Crippen LogP) is 2.84. The van der Waals surface area contributed by atoms with Crippen molar-refractivity contribution in [3.8, 4) is 16.3 Å². The van der Waals surface area contributed by atoms with E-state index in [4.69, 9.17) is 9.47 Å². The van der Waals surface area contributed by atoms with Crippen LogP contribution in [0.25, 0.3) is 10.6 Å². The van der Waals surface area contributed by atoms with E-state index in [1.54, 1.807) is 18.3 Å². The number of nitrogens with one attached hydrogen (secondary N) is 1. The van der Waals surface area contributed by atoms with Crippen LogP contribution < -0.4 is 9.46 Å². The lowest BCUT2D eigenvalue weighted by atomic mass is 9.98. The molecule has 1 aliphatic heterocycles. The number of hydrogen-bond donors (Lipinski definition) is 1. The van der Waals surface area contributed by atoms with Crippen LogP contribution >= 0.6 is 11.3 Å². The van der Waals surface area contributed by atoms with E-state index >= 15 is 0 Å². The number of ether oxygens (including phenoxy) is 2. The van der Waals surface area contributed by atoms with Crippen molar-refractivity contribution in [2.24, 2.45) is 5.92 Å². The zero-order valence-corrected chi connectivity index (χ0v) is 16.6. The topological polar surface area (TPSA) is 77.5 Å². The van der Waals surface area contributed by atoms with E-state index < -0.39 is 10.0 Å². The monoisotopic (exact) mass is 396 g/mol. The van der Waals surface area contributed by atoms with E-state index in [2.05, 4.69) is 9.71 Å². The van der Waals surface area contributed by atoms with Crippen molar-refractivity contribution in [1.82, 2.24) is 9.71 Å². The molecule has 3 rings (SSSR count). The molecule has 2 atom stereocenters. The van der Waals surface area contributed by atoms with Crippen molar-refractivity contribution >= 4 is 21.4 Å². The van der Waals surface area contributed by atoms with Gasteiger partial charge in [0.05, 0.1) is 19.0 Å². The predicted molar refractivity (Wildman–Crippen MR) is 103 cm³/mol. The quantitative estimate of drug-likeness (QED) is 0.779. The molecular formula is C18H24N2O4S2. The van der Waals surface area contributed by atoms with Crippen LogP contribution in [-0.2, 0) is 14.8 Å². The summed E-state index contributed by atoms with van der Waals surface area (Å²) >= 11 is 1.62. The minimum absolute atomic E-state index is 0.00800. The van der Waals surface area contributed by atoms with Gasteiger partial charge in [0.2, 0.25) is 10.0 Å². The van der Waals surface area contributed by atoms with Crippen LogP contribution in [0.5, 0.6) is 5.75 Å². The maximum Gasteiger partial charge on any atom is 0.211 e. The molecule has 2 aromatic rings. The van der Waals surface area contributed by atoms with Gasteiger partial charge in [0.25, 0.3) is 0 Å². The minimum atomic E-state index is -3.24. The largest absolute Gasteiger partial charge is 0.493 e. The van der Waals surface area contributed by atoms with E-state index in [0.717, 1.165) is 22.0 Å². The highest BCUT2D eigenvalue weighted by atomic mass is 32.2. The Morgan fingerprint density at radius 3 is 2.77 bits per heavy atom. The third-order valence-corrected chi connectivity index (χ3v) is 6.80. The second-order valence-electron chi connectivity index (χ2n) is 6.38. The van der Waals surface area contributed by atoms with Crippen LogP contribution in [0.1, 0.15) is 19.0 Å². The lowest BCUT2D eigenvalue weighted by Crippen LogP contribution is -2.47. The third-order valence-electron chi connectivity index (χ3n) is 4.37. The number of aromatic nitrogens is 1. The number of aryl methyl sites for hydroxylation is 1. The van der Waals surface area contributed by atoms with E-state index in [1.165, 1.54) is 0 Å². The molecule has 1 aromatic carbocycles. The molecule has 26 heavy (non-hydrogen) atoms. The van der Waals surface area contributed by atoms with Crippen LogP contribution in [0, 0.1) is 12.8 Å². The molecule has 6 nitrogen and oxygen atoms in total. The molecule has 0 bridgehead atoms. The highest BCUT2D eigenvalue weighted by molar-refractivity contribution is 7.89. The number of benzene rings is 1. The van der Waals surface area contributed by atoms with Gasteiger partial charge in [-0.2, -0.15) is 0 Å². The highest BCUT2D eigenvalue weighted by Crippen LogP contribution is 2.26. The van der Waals surface area contributed by atoms with E-state index in [1.807, 2.05) is 36.6 Å². The maximum atomic E-state index is 11.9. The minimum Gasteiger partial charge on any atom is -0.493 e. The summed E-state index contributed by atoms with van der Waals surface area (Å²) in [6, 6.07) is 7.66. The van der Waals surface area contributed by atoms with Crippen molar-refractivity contribution in [1.29, 1.82) is 0 Å². The van der Waals surface area contributed by atoms with Gasteiger partial charge in [-0.05, 0) is 44.5 Å². The van der Waals surface area contributed by atoms with Crippen molar-refractivity contribution in [2.45, 2.75) is 26.3 Å².